The number of nitrogens with zero attached hydrogens (tertiary/aromatic N) is 3. The van der Waals surface area contributed by atoms with Crippen LogP contribution < -0.4 is 4.74 Å². The van der Waals surface area contributed by atoms with Crippen molar-refractivity contribution in [1.29, 1.82) is 0 Å². The summed E-state index contributed by atoms with van der Waals surface area (Å²) in [6.07, 6.45) is 7.72. The molecule has 4 heterocycles. The Hall–Kier alpha value is -2.70. The van der Waals surface area contributed by atoms with Crippen molar-refractivity contribution in [2.75, 3.05) is 7.11 Å². The summed E-state index contributed by atoms with van der Waals surface area (Å²) < 4.78 is 36.5. The van der Waals surface area contributed by atoms with Gasteiger partial charge >= 0.3 is 6.97 Å². The molecule has 2 aromatic rings. The van der Waals surface area contributed by atoms with Crippen LogP contribution >= 0.6 is 0 Å². The van der Waals surface area contributed by atoms with Crippen LogP contribution in [-0.4, -0.2) is 34.2 Å². The van der Waals surface area contributed by atoms with Crippen LogP contribution in [0.2, 0.25) is 0 Å². The fraction of sp³-hybridized carbons (Fsp3) is 0.0667. The van der Waals surface area contributed by atoms with Crippen molar-refractivity contribution >= 4 is 18.8 Å². The quantitative estimate of drug-likeness (QED) is 0.798. The average Bonchev–Trinajstić information content (AvgIpc) is 3.17. The van der Waals surface area contributed by atoms with Gasteiger partial charge in [0.15, 0.2) is 5.70 Å². The molecule has 4 nitrogen and oxygen atoms in total. The van der Waals surface area contributed by atoms with Crippen LogP contribution in [0.25, 0.3) is 5.57 Å². The Kier molecular flexibility index (Phi) is 2.60. The number of ether oxygens (including phenoxy) is 1. The molecule has 7 heteroatoms. The van der Waals surface area contributed by atoms with Gasteiger partial charge in [-0.25, -0.2) is 0 Å². The lowest BCUT2D eigenvalue weighted by Gasteiger charge is -2.30. The van der Waals surface area contributed by atoms with E-state index in [2.05, 4.69) is 4.98 Å². The van der Waals surface area contributed by atoms with Crippen molar-refractivity contribution in [2.24, 2.45) is 0 Å². The second-order valence-corrected chi connectivity index (χ2v) is 5.15. The van der Waals surface area contributed by atoms with Crippen LogP contribution in [0.1, 0.15) is 11.4 Å². The molecule has 0 spiro atoms. The molecule has 0 atom stereocenters. The zero-order chi connectivity index (χ0) is 15.3. The Morgan fingerprint density at radius 1 is 1.32 bits per heavy atom. The number of pyridine rings is 1. The molecule has 0 aromatic carbocycles. The van der Waals surface area contributed by atoms with Gasteiger partial charge in [-0.05, 0) is 24.4 Å². The minimum atomic E-state index is -3.87. The predicted molar refractivity (Wildman–Crippen MR) is 80.1 cm³/mol. The SMILES string of the molecule is COc1ccnc(C2=C3C=CC=[N+]3[B-](F)(F)n3cccc32)c1. The van der Waals surface area contributed by atoms with Gasteiger partial charge in [-0.1, -0.05) is 0 Å². The monoisotopic (exact) mass is 299 g/mol. The Labute approximate surface area is 125 Å². The standard InChI is InChI=1S/C15H12BF2N3O/c1-22-11-6-7-19-12(10-11)15-13-4-2-8-20(13)16(17,18)21-9-3-5-14(15)21/h2-10H,1H3. The third kappa shape index (κ3) is 1.62. The topological polar surface area (TPSA) is 30.1 Å². The third-order valence-electron chi connectivity index (χ3n) is 3.96. The summed E-state index contributed by atoms with van der Waals surface area (Å²) in [6.45, 7) is -3.87. The van der Waals surface area contributed by atoms with Crippen LogP contribution in [0.3, 0.4) is 0 Å². The molecule has 22 heavy (non-hydrogen) atoms. The lowest BCUT2D eigenvalue weighted by atomic mass is 9.88. The van der Waals surface area contributed by atoms with Crippen molar-refractivity contribution in [3.63, 3.8) is 0 Å². The molecule has 2 aromatic heterocycles. The van der Waals surface area contributed by atoms with Gasteiger partial charge in [-0.3, -0.25) is 4.98 Å². The number of rotatable bonds is 2. The first-order chi connectivity index (χ1) is 10.6. The second kappa shape index (κ2) is 4.40. The first-order valence-electron chi connectivity index (χ1n) is 6.87. The number of fused-ring (bicyclic) bond motifs is 2. The molecule has 0 bridgehead atoms. The number of aromatic nitrogens is 2. The van der Waals surface area contributed by atoms with Gasteiger partial charge in [0.05, 0.1) is 18.4 Å². The van der Waals surface area contributed by atoms with Crippen LogP contribution in [-0.2, 0) is 0 Å². The highest BCUT2D eigenvalue weighted by Crippen LogP contribution is 2.38. The molecule has 0 radical (unpaired) electrons. The van der Waals surface area contributed by atoms with E-state index in [1.54, 1.807) is 49.7 Å². The molecule has 110 valence electrons. The Morgan fingerprint density at radius 2 is 2.18 bits per heavy atom. The van der Waals surface area contributed by atoms with Gasteiger partial charge in [0.25, 0.3) is 0 Å². The van der Waals surface area contributed by atoms with E-state index in [1.807, 2.05) is 0 Å². The third-order valence-corrected chi connectivity index (χ3v) is 3.96. The first-order valence-corrected chi connectivity index (χ1v) is 6.87. The van der Waals surface area contributed by atoms with Crippen LogP contribution in [0.4, 0.5) is 8.63 Å². The smallest absolute Gasteiger partial charge is 0.497 e. The molecular formula is C15H12BF2N3O. The van der Waals surface area contributed by atoms with E-state index in [0.717, 1.165) is 8.96 Å². The van der Waals surface area contributed by atoms with E-state index in [0.29, 0.717) is 28.4 Å². The van der Waals surface area contributed by atoms with E-state index >= 15 is 0 Å². The maximum atomic E-state index is 14.6. The summed E-state index contributed by atoms with van der Waals surface area (Å²) in [5.41, 5.74) is 2.18. The summed E-state index contributed by atoms with van der Waals surface area (Å²) in [4.78, 5) is 4.33. The predicted octanol–water partition coefficient (Wildman–Crippen LogP) is 2.54. The zero-order valence-electron chi connectivity index (χ0n) is 11.8. The average molecular weight is 299 g/mol. The van der Waals surface area contributed by atoms with Crippen LogP contribution in [0.15, 0.2) is 54.5 Å². The molecular weight excluding hydrogens is 287 g/mol. The van der Waals surface area contributed by atoms with Crippen molar-refractivity contribution in [3.8, 4) is 5.75 Å². The molecule has 4 rings (SSSR count). The normalized spacial score (nSPS) is 18.0. The largest absolute Gasteiger partial charge is 0.737 e. The number of hydrogen-bond donors (Lipinski definition) is 0. The van der Waals surface area contributed by atoms with Crippen LogP contribution in [0.5, 0.6) is 5.75 Å². The van der Waals surface area contributed by atoms with Gasteiger partial charge in [0.1, 0.15) is 12.0 Å². The van der Waals surface area contributed by atoms with E-state index in [-0.39, 0.29) is 0 Å². The highest BCUT2D eigenvalue weighted by atomic mass is 19.2. The number of allylic oxidation sites excluding steroid dienone is 2. The van der Waals surface area contributed by atoms with E-state index < -0.39 is 6.97 Å². The maximum Gasteiger partial charge on any atom is 0.737 e. The Balaban J connectivity index is 2.02. The molecule has 0 fully saturated rings. The summed E-state index contributed by atoms with van der Waals surface area (Å²) in [5.74, 6) is 0.636. The van der Waals surface area contributed by atoms with E-state index in [1.165, 1.54) is 12.4 Å². The molecule has 2 aliphatic heterocycles. The summed E-state index contributed by atoms with van der Waals surface area (Å²) in [5, 5.41) is 0. The highest BCUT2D eigenvalue weighted by Gasteiger charge is 2.51. The van der Waals surface area contributed by atoms with Gasteiger partial charge in [0, 0.05) is 30.1 Å². The fourth-order valence-corrected chi connectivity index (χ4v) is 2.96. The molecule has 0 amide bonds. The molecule has 0 saturated carbocycles. The van der Waals surface area contributed by atoms with E-state index in [9.17, 15) is 8.63 Å². The minimum Gasteiger partial charge on any atom is -0.497 e. The summed E-state index contributed by atoms with van der Waals surface area (Å²) in [6, 6.07) is 6.78. The molecule has 2 aliphatic rings. The maximum absolute atomic E-state index is 14.6. The summed E-state index contributed by atoms with van der Waals surface area (Å²) >= 11 is 0. The number of methoxy groups -OCH3 is 1. The van der Waals surface area contributed by atoms with Crippen LogP contribution in [0, 0.1) is 0 Å². The number of halogens is 2. The van der Waals surface area contributed by atoms with Gasteiger partial charge in [0.2, 0.25) is 0 Å². The summed E-state index contributed by atoms with van der Waals surface area (Å²) in [7, 11) is 1.56. The molecule has 0 N–H and O–H groups in total. The minimum absolute atomic E-state index is 0.456. The second-order valence-electron chi connectivity index (χ2n) is 5.15. The lowest BCUT2D eigenvalue weighted by molar-refractivity contribution is -0.356. The van der Waals surface area contributed by atoms with Gasteiger partial charge in [-0.15, -0.1) is 0 Å². The zero-order valence-corrected chi connectivity index (χ0v) is 11.8. The number of hydrogen-bond acceptors (Lipinski definition) is 2. The highest BCUT2D eigenvalue weighted by molar-refractivity contribution is 6.57. The van der Waals surface area contributed by atoms with Crippen molar-refractivity contribution in [2.45, 2.75) is 0 Å². The van der Waals surface area contributed by atoms with Crippen molar-refractivity contribution in [3.05, 3.63) is 65.9 Å². The van der Waals surface area contributed by atoms with E-state index in [4.69, 9.17) is 4.74 Å². The van der Waals surface area contributed by atoms with Crippen molar-refractivity contribution < 1.29 is 17.9 Å². The fourth-order valence-electron chi connectivity index (χ4n) is 2.96. The molecule has 0 unspecified atom stereocenters. The van der Waals surface area contributed by atoms with Crippen molar-refractivity contribution in [1.82, 2.24) is 9.46 Å². The molecule has 0 saturated heterocycles. The van der Waals surface area contributed by atoms with Gasteiger partial charge in [-0.2, -0.15) is 0 Å². The lowest BCUT2D eigenvalue weighted by Crippen LogP contribution is -2.49. The van der Waals surface area contributed by atoms with Gasteiger partial charge < -0.3 is 22.3 Å². The Morgan fingerprint density at radius 3 is 3.00 bits per heavy atom. The Bertz CT molecular complexity index is 867. The molecule has 0 aliphatic carbocycles. The first kappa shape index (κ1) is 13.0.